The van der Waals surface area contributed by atoms with Crippen LogP contribution in [0.3, 0.4) is 0 Å². The number of hydrogen-bond acceptors (Lipinski definition) is 15. The number of aliphatic hydroxyl groups excluding tert-OH is 1. The average Bonchev–Trinajstić information content (AvgIpc) is 0.995. The number of hydrogen-bond donors (Lipinski definition) is 3. The predicted octanol–water partition coefficient (Wildman–Crippen LogP) is 23.3. The molecule has 17 nitrogen and oxygen atoms in total. The summed E-state index contributed by atoms with van der Waals surface area (Å²) in [6, 6.07) is 0. The van der Waals surface area contributed by atoms with Gasteiger partial charge in [0.2, 0.25) is 0 Å². The minimum absolute atomic E-state index is 0.106. The number of esters is 4. The van der Waals surface area contributed by atoms with Crippen LogP contribution in [0.2, 0.25) is 0 Å². The fraction of sp³-hybridized carbons (Fsp3) is 0.949. The summed E-state index contributed by atoms with van der Waals surface area (Å²) in [5.74, 6) is -1.25. The van der Waals surface area contributed by atoms with Gasteiger partial charge in [-0.1, -0.05) is 362 Å². The minimum Gasteiger partial charge on any atom is -0.462 e. The van der Waals surface area contributed by atoms with Crippen LogP contribution in [0.1, 0.15) is 413 Å². The third kappa shape index (κ3) is 70.9. The van der Waals surface area contributed by atoms with Crippen molar-refractivity contribution in [2.75, 3.05) is 39.6 Å². The van der Waals surface area contributed by atoms with E-state index in [2.05, 4.69) is 34.6 Å². The highest BCUT2D eigenvalue weighted by Gasteiger charge is 2.30. The van der Waals surface area contributed by atoms with Gasteiger partial charge in [-0.2, -0.15) is 0 Å². The molecule has 0 aliphatic rings. The van der Waals surface area contributed by atoms with Crippen LogP contribution in [0.15, 0.2) is 0 Å². The van der Waals surface area contributed by atoms with E-state index in [0.717, 1.165) is 109 Å². The number of phosphoric ester groups is 2. The van der Waals surface area contributed by atoms with Crippen molar-refractivity contribution in [3.8, 4) is 0 Å². The first-order chi connectivity index (χ1) is 47.1. The maximum absolute atomic E-state index is 13.1. The molecular formula is C78H152O17P2. The van der Waals surface area contributed by atoms with Gasteiger partial charge in [0.15, 0.2) is 12.2 Å². The first-order valence-corrected chi connectivity index (χ1v) is 43.7. The van der Waals surface area contributed by atoms with E-state index >= 15 is 0 Å². The van der Waals surface area contributed by atoms with E-state index < -0.39 is 97.5 Å². The monoisotopic (exact) mass is 1420 g/mol. The lowest BCUT2D eigenvalue weighted by atomic mass is 9.99. The van der Waals surface area contributed by atoms with Crippen molar-refractivity contribution in [2.45, 2.75) is 432 Å². The Hall–Kier alpha value is -1.94. The SMILES string of the molecule is CCCCCCCCCCCCCCCCCCCCCC(=O)OC[C@H](COP(=O)(O)OC[C@@H](O)COP(=O)(O)OC[C@@H](COC(=O)CCCCCCCCC)OC(=O)CCCCCCCCCCC)OC(=O)CCCCCCCCCCCCCCCCCCCCC(C)CC. The number of phosphoric acid groups is 2. The molecule has 0 fully saturated rings. The van der Waals surface area contributed by atoms with E-state index in [1.54, 1.807) is 0 Å². The van der Waals surface area contributed by atoms with Gasteiger partial charge in [0.25, 0.3) is 0 Å². The Balaban J connectivity index is 5.12. The van der Waals surface area contributed by atoms with Crippen molar-refractivity contribution in [3.63, 3.8) is 0 Å². The van der Waals surface area contributed by atoms with Crippen LogP contribution >= 0.6 is 15.6 Å². The van der Waals surface area contributed by atoms with Crippen LogP contribution in [0.25, 0.3) is 0 Å². The fourth-order valence-electron chi connectivity index (χ4n) is 12.0. The molecule has 97 heavy (non-hydrogen) atoms. The largest absolute Gasteiger partial charge is 0.472 e. The molecule has 0 saturated heterocycles. The first-order valence-electron chi connectivity index (χ1n) is 40.7. The van der Waals surface area contributed by atoms with Crippen LogP contribution < -0.4 is 0 Å². The first kappa shape index (κ1) is 95.1. The molecule has 0 rings (SSSR count). The van der Waals surface area contributed by atoms with Gasteiger partial charge in [-0.15, -0.1) is 0 Å². The summed E-state index contributed by atoms with van der Waals surface area (Å²) < 4.78 is 68.4. The Bertz CT molecular complexity index is 1860. The molecule has 0 aliphatic heterocycles. The summed E-state index contributed by atoms with van der Waals surface area (Å²) in [6.45, 7) is 7.31. The molecule has 0 bridgehead atoms. The quantitative estimate of drug-likeness (QED) is 0.0222. The second-order valence-electron chi connectivity index (χ2n) is 28.3. The molecular weight excluding hydrogens is 1270 g/mol. The summed E-state index contributed by atoms with van der Waals surface area (Å²) in [5.41, 5.74) is 0. The normalized spacial score (nSPS) is 14.2. The number of aliphatic hydroxyl groups is 1. The van der Waals surface area contributed by atoms with Crippen molar-refractivity contribution in [2.24, 2.45) is 5.92 Å². The van der Waals surface area contributed by atoms with Crippen molar-refractivity contribution < 1.29 is 80.2 Å². The van der Waals surface area contributed by atoms with Crippen molar-refractivity contribution in [1.82, 2.24) is 0 Å². The summed E-state index contributed by atoms with van der Waals surface area (Å²) >= 11 is 0. The van der Waals surface area contributed by atoms with E-state index in [1.807, 2.05) is 0 Å². The lowest BCUT2D eigenvalue weighted by Crippen LogP contribution is -2.30. The molecule has 3 N–H and O–H groups in total. The highest BCUT2D eigenvalue weighted by atomic mass is 31.2. The maximum atomic E-state index is 13.1. The fourth-order valence-corrected chi connectivity index (χ4v) is 13.6. The Morgan fingerprint density at radius 2 is 0.495 bits per heavy atom. The molecule has 0 aromatic carbocycles. The lowest BCUT2D eigenvalue weighted by molar-refractivity contribution is -0.161. The molecule has 0 radical (unpaired) electrons. The predicted molar refractivity (Wildman–Crippen MR) is 395 cm³/mol. The average molecular weight is 1420 g/mol. The van der Waals surface area contributed by atoms with Gasteiger partial charge >= 0.3 is 39.5 Å². The van der Waals surface area contributed by atoms with Crippen molar-refractivity contribution in [3.05, 3.63) is 0 Å². The summed E-state index contributed by atoms with van der Waals surface area (Å²) in [6.07, 6.45) is 61.4. The molecule has 0 aliphatic carbocycles. The topological polar surface area (TPSA) is 237 Å². The van der Waals surface area contributed by atoms with Crippen LogP contribution in [-0.4, -0.2) is 96.7 Å². The summed E-state index contributed by atoms with van der Waals surface area (Å²) in [7, 11) is -9.90. The van der Waals surface area contributed by atoms with E-state index in [-0.39, 0.29) is 25.7 Å². The smallest absolute Gasteiger partial charge is 0.462 e. The molecule has 0 aromatic rings. The van der Waals surface area contributed by atoms with Gasteiger partial charge in [-0.3, -0.25) is 37.3 Å². The maximum Gasteiger partial charge on any atom is 0.472 e. The number of unbranched alkanes of at least 4 members (excludes halogenated alkanes) is 49. The third-order valence-corrected chi connectivity index (χ3v) is 20.5. The van der Waals surface area contributed by atoms with Crippen LogP contribution in [-0.2, 0) is 65.4 Å². The van der Waals surface area contributed by atoms with Crippen LogP contribution in [0, 0.1) is 5.92 Å². The van der Waals surface area contributed by atoms with Gasteiger partial charge in [0.05, 0.1) is 26.4 Å². The highest BCUT2D eigenvalue weighted by Crippen LogP contribution is 2.45. The minimum atomic E-state index is -4.96. The molecule has 0 heterocycles. The van der Waals surface area contributed by atoms with Gasteiger partial charge in [0.1, 0.15) is 19.3 Å². The third-order valence-electron chi connectivity index (χ3n) is 18.6. The Labute approximate surface area is 594 Å². The van der Waals surface area contributed by atoms with E-state index in [0.29, 0.717) is 25.7 Å². The Morgan fingerprint density at radius 1 is 0.289 bits per heavy atom. The van der Waals surface area contributed by atoms with Crippen molar-refractivity contribution in [1.29, 1.82) is 0 Å². The van der Waals surface area contributed by atoms with Crippen LogP contribution in [0.4, 0.5) is 0 Å². The molecule has 0 spiro atoms. The highest BCUT2D eigenvalue weighted by molar-refractivity contribution is 7.47. The second kappa shape index (κ2) is 71.1. The molecule has 6 atom stereocenters. The van der Waals surface area contributed by atoms with E-state index in [1.165, 1.54) is 225 Å². The molecule has 19 heteroatoms. The Kier molecular flexibility index (Phi) is 69.6. The Morgan fingerprint density at radius 3 is 0.732 bits per heavy atom. The van der Waals surface area contributed by atoms with Gasteiger partial charge in [-0.25, -0.2) is 9.13 Å². The molecule has 0 aromatic heterocycles. The number of carbonyl (C=O) groups excluding carboxylic acids is 4. The van der Waals surface area contributed by atoms with Gasteiger partial charge in [0, 0.05) is 25.7 Å². The summed E-state index contributed by atoms with van der Waals surface area (Å²) in [4.78, 5) is 72.6. The zero-order valence-electron chi connectivity index (χ0n) is 63.2. The zero-order valence-corrected chi connectivity index (χ0v) is 65.0. The molecule has 3 unspecified atom stereocenters. The van der Waals surface area contributed by atoms with E-state index in [4.69, 9.17) is 37.0 Å². The van der Waals surface area contributed by atoms with Gasteiger partial charge in [-0.05, 0) is 31.6 Å². The van der Waals surface area contributed by atoms with Gasteiger partial charge < -0.3 is 33.8 Å². The lowest BCUT2D eigenvalue weighted by Gasteiger charge is -2.21. The summed E-state index contributed by atoms with van der Waals surface area (Å²) in [5, 5.41) is 10.6. The molecule has 0 amide bonds. The van der Waals surface area contributed by atoms with E-state index in [9.17, 15) is 43.2 Å². The number of ether oxygens (including phenoxy) is 4. The number of rotatable bonds is 78. The zero-order chi connectivity index (χ0) is 71.2. The van der Waals surface area contributed by atoms with Crippen molar-refractivity contribution >= 4 is 39.5 Å². The number of carbonyl (C=O) groups is 4. The molecule has 576 valence electrons. The van der Waals surface area contributed by atoms with Crippen LogP contribution in [0.5, 0.6) is 0 Å². The second-order valence-corrected chi connectivity index (χ2v) is 31.3. The standard InChI is InChI=1S/C78H152O17P2/c1-6-10-13-16-19-21-22-23-24-25-26-30-33-36-39-43-47-52-57-62-76(81)89-68-74(95-78(83)64-59-54-49-44-40-37-34-31-28-27-29-32-35-38-42-46-50-55-60-71(5)9-4)70-93-97(86,87)91-66-72(79)65-90-96(84,85)92-69-73(67-88-75(80)61-56-51-45-18-15-12-8-3)94-77(82)63-58-53-48-41-20-17-14-11-7-2/h71-74,79H,6-70H2,1-5H3,(H,84,85)(H,86,87)/t71?,72-,73+,74+/m0/s1. The molecule has 0 saturated carbocycles.